The standard InChI is InChI=1S/C27H12N2O2S2/c28-13-16(14-29)26-18-6-2-3-7-19(18)27(30)20(26)10-17-11-24-25(32-17)12-23(33-24)22-9-15-5-1-4-8-21(15)31-22/h1-12H/b20-10-. The molecule has 0 bridgehead atoms. The van der Waals surface area contributed by atoms with Crippen LogP contribution in [0.25, 0.3) is 42.7 Å². The second-order valence-corrected chi connectivity index (χ2v) is 9.74. The van der Waals surface area contributed by atoms with E-state index in [0.29, 0.717) is 22.3 Å². The van der Waals surface area contributed by atoms with Gasteiger partial charge in [-0.1, -0.05) is 42.5 Å². The quantitative estimate of drug-likeness (QED) is 0.202. The summed E-state index contributed by atoms with van der Waals surface area (Å²) in [6.07, 6.45) is 1.80. The highest BCUT2D eigenvalue weighted by atomic mass is 32.1. The molecular weight excluding hydrogens is 448 g/mol. The maximum atomic E-state index is 13.1. The number of hydrogen-bond acceptors (Lipinski definition) is 6. The topological polar surface area (TPSA) is 77.8 Å². The molecule has 0 fully saturated rings. The normalized spacial score (nSPS) is 14.1. The number of nitrogens with zero attached hydrogens (tertiary/aromatic N) is 2. The van der Waals surface area contributed by atoms with E-state index in [0.717, 1.165) is 35.9 Å². The summed E-state index contributed by atoms with van der Waals surface area (Å²) >= 11 is 3.20. The van der Waals surface area contributed by atoms with Crippen molar-refractivity contribution in [3.63, 3.8) is 0 Å². The van der Waals surface area contributed by atoms with Gasteiger partial charge in [0.1, 0.15) is 29.1 Å². The maximum absolute atomic E-state index is 13.1. The Morgan fingerprint density at radius 1 is 0.879 bits per heavy atom. The average molecular weight is 461 g/mol. The van der Waals surface area contributed by atoms with Gasteiger partial charge in [0.25, 0.3) is 0 Å². The molecule has 0 amide bonds. The lowest BCUT2D eigenvalue weighted by atomic mass is 9.99. The van der Waals surface area contributed by atoms with Crippen LogP contribution in [-0.2, 0) is 0 Å². The number of benzene rings is 2. The number of para-hydroxylation sites is 1. The van der Waals surface area contributed by atoms with Crippen LogP contribution >= 0.6 is 22.7 Å². The fourth-order valence-corrected chi connectivity index (χ4v) is 6.44. The van der Waals surface area contributed by atoms with Gasteiger partial charge in [-0.2, -0.15) is 10.5 Å². The van der Waals surface area contributed by atoms with Crippen LogP contribution in [0.1, 0.15) is 20.8 Å². The molecule has 0 N–H and O–H groups in total. The number of carbonyl (C=O) groups excluding carboxylic acids is 1. The predicted molar refractivity (Wildman–Crippen MR) is 132 cm³/mol. The highest BCUT2D eigenvalue weighted by Crippen LogP contribution is 2.43. The van der Waals surface area contributed by atoms with Crippen molar-refractivity contribution in [3.05, 3.63) is 93.9 Å². The van der Waals surface area contributed by atoms with Gasteiger partial charge in [0.05, 0.1) is 4.88 Å². The first-order chi connectivity index (χ1) is 16.2. The van der Waals surface area contributed by atoms with Gasteiger partial charge in [0.2, 0.25) is 0 Å². The third-order valence-electron chi connectivity index (χ3n) is 5.61. The van der Waals surface area contributed by atoms with Gasteiger partial charge in [-0.15, -0.1) is 22.7 Å². The molecule has 0 atom stereocenters. The van der Waals surface area contributed by atoms with E-state index in [1.807, 2.05) is 54.6 Å². The van der Waals surface area contributed by atoms with Crippen LogP contribution < -0.4 is 0 Å². The van der Waals surface area contributed by atoms with E-state index in [2.05, 4.69) is 6.07 Å². The van der Waals surface area contributed by atoms with Gasteiger partial charge in [0, 0.05) is 36.4 Å². The smallest absolute Gasteiger partial charge is 0.194 e. The van der Waals surface area contributed by atoms with E-state index in [1.165, 1.54) is 0 Å². The lowest BCUT2D eigenvalue weighted by molar-refractivity contribution is 0.104. The number of Topliss-reactive ketones (excluding diaryl/α,β-unsaturated/α-hetero) is 1. The number of carbonyl (C=O) groups is 1. The van der Waals surface area contributed by atoms with Crippen molar-refractivity contribution >= 4 is 60.5 Å². The Kier molecular flexibility index (Phi) is 4.38. The number of thiophene rings is 2. The first-order valence-corrected chi connectivity index (χ1v) is 11.7. The molecule has 154 valence electrons. The van der Waals surface area contributed by atoms with Crippen molar-refractivity contribution in [1.29, 1.82) is 10.5 Å². The molecule has 1 aliphatic rings. The number of fused-ring (bicyclic) bond motifs is 3. The largest absolute Gasteiger partial charge is 0.455 e. The van der Waals surface area contributed by atoms with Gasteiger partial charge in [-0.3, -0.25) is 4.79 Å². The van der Waals surface area contributed by atoms with Gasteiger partial charge < -0.3 is 4.42 Å². The van der Waals surface area contributed by atoms with Crippen molar-refractivity contribution < 1.29 is 9.21 Å². The zero-order valence-electron chi connectivity index (χ0n) is 17.0. The number of hydrogen-bond donors (Lipinski definition) is 0. The molecule has 0 saturated heterocycles. The Balaban J connectivity index is 1.43. The van der Waals surface area contributed by atoms with E-state index < -0.39 is 0 Å². The monoisotopic (exact) mass is 460 g/mol. The lowest BCUT2D eigenvalue weighted by Crippen LogP contribution is -1.95. The highest BCUT2D eigenvalue weighted by Gasteiger charge is 2.32. The first-order valence-electron chi connectivity index (χ1n) is 10.1. The molecule has 33 heavy (non-hydrogen) atoms. The fraction of sp³-hybridized carbons (Fsp3) is 0. The molecule has 2 aromatic carbocycles. The van der Waals surface area contributed by atoms with E-state index in [4.69, 9.17) is 4.42 Å². The summed E-state index contributed by atoms with van der Waals surface area (Å²) in [7, 11) is 0. The van der Waals surface area contributed by atoms with Crippen LogP contribution in [0, 0.1) is 22.7 Å². The molecule has 0 aliphatic heterocycles. The van der Waals surface area contributed by atoms with Crippen molar-refractivity contribution in [2.75, 3.05) is 0 Å². The van der Waals surface area contributed by atoms with Crippen LogP contribution in [0.15, 0.2) is 82.3 Å². The van der Waals surface area contributed by atoms with Crippen molar-refractivity contribution in [1.82, 2.24) is 0 Å². The molecule has 0 saturated carbocycles. The number of furan rings is 1. The van der Waals surface area contributed by atoms with E-state index in [9.17, 15) is 15.3 Å². The Labute approximate surface area is 196 Å². The lowest BCUT2D eigenvalue weighted by Gasteiger charge is -2.01. The van der Waals surface area contributed by atoms with Crippen LogP contribution in [0.4, 0.5) is 0 Å². The molecule has 0 spiro atoms. The van der Waals surface area contributed by atoms with E-state index in [-0.39, 0.29) is 11.4 Å². The summed E-state index contributed by atoms with van der Waals surface area (Å²) in [6.45, 7) is 0. The summed E-state index contributed by atoms with van der Waals surface area (Å²) in [4.78, 5) is 15.0. The summed E-state index contributed by atoms with van der Waals surface area (Å²) in [6, 6.07) is 25.1. The fourth-order valence-electron chi connectivity index (χ4n) is 4.14. The number of nitriles is 2. The summed E-state index contributed by atoms with van der Waals surface area (Å²) in [5.41, 5.74) is 2.77. The van der Waals surface area contributed by atoms with Gasteiger partial charge in [-0.05, 0) is 35.9 Å². The predicted octanol–water partition coefficient (Wildman–Crippen LogP) is 7.46. The van der Waals surface area contributed by atoms with E-state index in [1.54, 1.807) is 46.9 Å². The molecule has 3 aromatic heterocycles. The summed E-state index contributed by atoms with van der Waals surface area (Å²) in [5.74, 6) is 0.673. The molecule has 0 radical (unpaired) electrons. The number of ketones is 1. The van der Waals surface area contributed by atoms with Crippen LogP contribution in [0.3, 0.4) is 0 Å². The minimum atomic E-state index is -0.164. The Morgan fingerprint density at radius 3 is 2.36 bits per heavy atom. The molecule has 3 heterocycles. The Morgan fingerprint density at radius 2 is 1.61 bits per heavy atom. The minimum absolute atomic E-state index is 0.0508. The highest BCUT2D eigenvalue weighted by molar-refractivity contribution is 7.29. The van der Waals surface area contributed by atoms with Crippen LogP contribution in [0.5, 0.6) is 0 Å². The summed E-state index contributed by atoms with van der Waals surface area (Å²) in [5, 5.41) is 20.0. The average Bonchev–Trinajstić information content (AvgIpc) is 3.57. The second-order valence-electron chi connectivity index (χ2n) is 7.54. The van der Waals surface area contributed by atoms with Crippen LogP contribution in [-0.4, -0.2) is 5.78 Å². The first kappa shape index (κ1) is 19.5. The molecule has 1 aliphatic carbocycles. The zero-order chi connectivity index (χ0) is 22.5. The molecule has 4 nitrogen and oxygen atoms in total. The van der Waals surface area contributed by atoms with Gasteiger partial charge in [0.15, 0.2) is 5.78 Å². The zero-order valence-corrected chi connectivity index (χ0v) is 18.6. The van der Waals surface area contributed by atoms with Crippen molar-refractivity contribution in [2.45, 2.75) is 0 Å². The minimum Gasteiger partial charge on any atom is -0.455 e. The SMILES string of the molecule is N#CC(C#N)=C1/C(=C/c2cc3sc(-c4cc5ccccc5o4)cc3s2)C(=O)c2ccccc21. The van der Waals surface area contributed by atoms with Crippen LogP contribution in [0.2, 0.25) is 0 Å². The molecule has 5 aromatic rings. The number of rotatable bonds is 2. The number of allylic oxidation sites excluding steroid dienone is 3. The maximum Gasteiger partial charge on any atom is 0.194 e. The molecule has 6 rings (SSSR count). The van der Waals surface area contributed by atoms with Crippen molar-refractivity contribution in [3.8, 4) is 22.8 Å². The third kappa shape index (κ3) is 3.05. The molecular formula is C27H12N2O2S2. The molecule has 0 unspecified atom stereocenters. The second kappa shape index (κ2) is 7.43. The Hall–Kier alpha value is -4.23. The van der Waals surface area contributed by atoms with Gasteiger partial charge >= 0.3 is 0 Å². The Bertz CT molecular complexity index is 1680. The summed E-state index contributed by atoms with van der Waals surface area (Å²) < 4.78 is 8.19. The van der Waals surface area contributed by atoms with E-state index >= 15 is 0 Å². The van der Waals surface area contributed by atoms with Gasteiger partial charge in [-0.25, -0.2) is 0 Å². The van der Waals surface area contributed by atoms with Crippen molar-refractivity contribution in [2.24, 2.45) is 0 Å². The molecule has 6 heteroatoms. The third-order valence-corrected chi connectivity index (χ3v) is 7.86.